The van der Waals surface area contributed by atoms with Gasteiger partial charge in [0.05, 0.1) is 39.0 Å². The van der Waals surface area contributed by atoms with Gasteiger partial charge >= 0.3 is 12.2 Å². The van der Waals surface area contributed by atoms with Crippen LogP contribution in [0.15, 0.2) is 85.7 Å². The molecule has 0 aliphatic heterocycles. The van der Waals surface area contributed by atoms with Crippen LogP contribution in [0.3, 0.4) is 0 Å². The molecule has 2 aromatic carbocycles. The van der Waals surface area contributed by atoms with E-state index in [1.165, 1.54) is 26.9 Å². The molecule has 2 atom stereocenters. The van der Waals surface area contributed by atoms with Crippen LogP contribution in [0.4, 0.5) is 21.2 Å². The molecular weight excluding hydrogens is 522 g/mol. The van der Waals surface area contributed by atoms with Crippen molar-refractivity contribution in [3.05, 3.63) is 96.8 Å². The molecule has 0 radical (unpaired) electrons. The van der Waals surface area contributed by atoms with Gasteiger partial charge in [-0.15, -0.1) is 0 Å². The van der Waals surface area contributed by atoms with Crippen LogP contribution in [0, 0.1) is 0 Å². The first kappa shape index (κ1) is 29.3. The van der Waals surface area contributed by atoms with Crippen LogP contribution < -0.4 is 9.80 Å². The molecule has 0 aliphatic rings. The van der Waals surface area contributed by atoms with E-state index >= 15 is 0 Å². The van der Waals surface area contributed by atoms with E-state index in [0.29, 0.717) is 44.1 Å². The first-order chi connectivity index (χ1) is 20.0. The molecule has 41 heavy (non-hydrogen) atoms. The van der Waals surface area contributed by atoms with Gasteiger partial charge in [-0.1, -0.05) is 67.6 Å². The standard InChI is InChI=1S/C30H37N7O4/c1-4-35(19-25(15-23-11-7-5-8-12-23)36(29(38)40-2)27-17-31-21-33-27)20-26(16-24-13-9-6-10-14-24)37(30(39)41-3)28-18-32-22-34-28/h5-14,17-18,21-22,25-26H,4,15-16,19-20H2,1-3H3,(H,31,33)(H,32,34)/t25-,26-/m0/s1. The number of aromatic amines is 2. The van der Waals surface area contributed by atoms with Crippen molar-refractivity contribution < 1.29 is 19.1 Å². The molecule has 0 saturated carbocycles. The number of ether oxygens (including phenoxy) is 2. The predicted octanol–water partition coefficient (Wildman–Crippen LogP) is 4.52. The molecule has 0 saturated heterocycles. The third kappa shape index (κ3) is 7.73. The number of hydrogen-bond acceptors (Lipinski definition) is 7. The minimum atomic E-state index is -0.498. The van der Waals surface area contributed by atoms with Crippen molar-refractivity contribution in [2.75, 3.05) is 43.7 Å². The summed E-state index contributed by atoms with van der Waals surface area (Å²) in [6, 6.07) is 19.4. The highest BCUT2D eigenvalue weighted by Gasteiger charge is 2.33. The van der Waals surface area contributed by atoms with Gasteiger partial charge in [-0.2, -0.15) is 0 Å². The van der Waals surface area contributed by atoms with Gasteiger partial charge in [0, 0.05) is 25.5 Å². The molecule has 4 aromatic rings. The molecule has 4 rings (SSSR count). The van der Waals surface area contributed by atoms with Crippen LogP contribution in [0.1, 0.15) is 18.1 Å². The zero-order valence-electron chi connectivity index (χ0n) is 23.6. The maximum Gasteiger partial charge on any atom is 0.415 e. The summed E-state index contributed by atoms with van der Waals surface area (Å²) in [6.07, 6.45) is 6.59. The Morgan fingerprint density at radius 1 is 0.732 bits per heavy atom. The van der Waals surface area contributed by atoms with Crippen LogP contribution in [-0.4, -0.2) is 83.0 Å². The summed E-state index contributed by atoms with van der Waals surface area (Å²) in [6.45, 7) is 3.72. The maximum atomic E-state index is 13.1. The van der Waals surface area contributed by atoms with Crippen molar-refractivity contribution in [3.8, 4) is 0 Å². The average molecular weight is 560 g/mol. The number of nitrogens with zero attached hydrogens (tertiary/aromatic N) is 5. The summed E-state index contributed by atoms with van der Waals surface area (Å²) < 4.78 is 10.4. The number of rotatable bonds is 13. The molecule has 0 unspecified atom stereocenters. The number of H-pyrrole nitrogens is 2. The Labute approximate surface area is 240 Å². The highest BCUT2D eigenvalue weighted by molar-refractivity contribution is 5.87. The van der Waals surface area contributed by atoms with Gasteiger partial charge in [-0.25, -0.2) is 19.6 Å². The topological polar surface area (TPSA) is 120 Å². The molecule has 11 heteroatoms. The van der Waals surface area contributed by atoms with E-state index < -0.39 is 12.2 Å². The summed E-state index contributed by atoms with van der Waals surface area (Å²) in [4.78, 5) is 46.3. The lowest BCUT2D eigenvalue weighted by Gasteiger charge is -2.37. The first-order valence-corrected chi connectivity index (χ1v) is 13.6. The summed E-state index contributed by atoms with van der Waals surface area (Å²) in [5.74, 6) is 0.949. The van der Waals surface area contributed by atoms with Crippen LogP contribution in [-0.2, 0) is 22.3 Å². The second-order valence-electron chi connectivity index (χ2n) is 9.57. The largest absolute Gasteiger partial charge is 0.452 e. The minimum Gasteiger partial charge on any atom is -0.452 e. The molecule has 2 heterocycles. The second-order valence-corrected chi connectivity index (χ2v) is 9.57. The molecule has 0 spiro atoms. The average Bonchev–Trinajstić information content (AvgIpc) is 3.73. The van der Waals surface area contributed by atoms with E-state index in [9.17, 15) is 9.59 Å². The molecule has 2 aromatic heterocycles. The number of anilines is 2. The van der Waals surface area contributed by atoms with E-state index in [0.717, 1.165) is 11.1 Å². The number of methoxy groups -OCH3 is 2. The first-order valence-electron chi connectivity index (χ1n) is 13.6. The number of carbonyl (C=O) groups is 2. The van der Waals surface area contributed by atoms with Gasteiger partial charge < -0.3 is 19.4 Å². The molecule has 0 fully saturated rings. The summed E-state index contributed by atoms with van der Waals surface area (Å²) >= 11 is 0. The van der Waals surface area contributed by atoms with Gasteiger partial charge in [0.25, 0.3) is 0 Å². The highest BCUT2D eigenvalue weighted by atomic mass is 16.5. The SMILES string of the molecule is CCN(C[C@H](Cc1ccccc1)N(C(=O)OC)c1c[nH]cn1)C[C@H](Cc1ccccc1)N(C(=O)OC)c1c[nH]cn1. The summed E-state index contributed by atoms with van der Waals surface area (Å²) in [5.41, 5.74) is 2.15. The van der Waals surface area contributed by atoms with Gasteiger partial charge in [0.1, 0.15) is 0 Å². The highest BCUT2D eigenvalue weighted by Crippen LogP contribution is 2.22. The zero-order chi connectivity index (χ0) is 29.0. The summed E-state index contributed by atoms with van der Waals surface area (Å²) in [5, 5.41) is 0. The van der Waals surface area contributed by atoms with Gasteiger partial charge in [-0.3, -0.25) is 14.7 Å². The Morgan fingerprint density at radius 3 is 1.46 bits per heavy atom. The van der Waals surface area contributed by atoms with Crippen LogP contribution >= 0.6 is 0 Å². The smallest absolute Gasteiger partial charge is 0.415 e. The van der Waals surface area contributed by atoms with E-state index in [1.54, 1.807) is 22.2 Å². The van der Waals surface area contributed by atoms with E-state index in [2.05, 4.69) is 31.8 Å². The monoisotopic (exact) mass is 559 g/mol. The molecule has 11 nitrogen and oxygen atoms in total. The fourth-order valence-corrected chi connectivity index (χ4v) is 5.00. The minimum absolute atomic E-state index is 0.317. The van der Waals surface area contributed by atoms with Crippen LogP contribution in [0.25, 0.3) is 0 Å². The number of hydrogen-bond donors (Lipinski definition) is 2. The van der Waals surface area contributed by atoms with Crippen molar-refractivity contribution in [3.63, 3.8) is 0 Å². The van der Waals surface area contributed by atoms with E-state index in [1.807, 2.05) is 60.7 Å². The maximum absolute atomic E-state index is 13.1. The predicted molar refractivity (Wildman–Crippen MR) is 157 cm³/mol. The van der Waals surface area contributed by atoms with Crippen molar-refractivity contribution >= 4 is 23.8 Å². The third-order valence-electron chi connectivity index (χ3n) is 6.95. The Morgan fingerprint density at radius 2 is 1.15 bits per heavy atom. The number of aromatic nitrogens is 4. The van der Waals surface area contributed by atoms with Crippen molar-refractivity contribution in [1.29, 1.82) is 0 Å². The fourth-order valence-electron chi connectivity index (χ4n) is 5.00. The normalized spacial score (nSPS) is 12.5. The third-order valence-corrected chi connectivity index (χ3v) is 6.95. The molecule has 2 amide bonds. The van der Waals surface area contributed by atoms with E-state index in [-0.39, 0.29) is 12.1 Å². The lowest BCUT2D eigenvalue weighted by Crippen LogP contribution is -2.53. The lowest BCUT2D eigenvalue weighted by molar-refractivity contribution is 0.166. The van der Waals surface area contributed by atoms with Crippen LogP contribution in [0.5, 0.6) is 0 Å². The summed E-state index contributed by atoms with van der Waals surface area (Å²) in [7, 11) is 2.74. The second kappa shape index (κ2) is 14.7. The molecule has 216 valence electrons. The Kier molecular flexibility index (Phi) is 10.5. The zero-order valence-corrected chi connectivity index (χ0v) is 23.6. The molecule has 0 bridgehead atoms. The molecular formula is C30H37N7O4. The number of imidazole rings is 2. The Bertz CT molecular complexity index is 1220. The number of amides is 2. The van der Waals surface area contributed by atoms with Gasteiger partial charge in [-0.05, 0) is 30.5 Å². The van der Waals surface area contributed by atoms with Crippen LogP contribution in [0.2, 0.25) is 0 Å². The quantitative estimate of drug-likeness (QED) is 0.247. The van der Waals surface area contributed by atoms with Gasteiger partial charge in [0.2, 0.25) is 0 Å². The number of carbonyl (C=O) groups excluding carboxylic acids is 2. The van der Waals surface area contributed by atoms with Crippen molar-refractivity contribution in [2.45, 2.75) is 31.8 Å². The Balaban J connectivity index is 1.67. The number of likely N-dealkylation sites (N-methyl/N-ethyl adjacent to an activating group) is 1. The lowest BCUT2D eigenvalue weighted by atomic mass is 10.0. The number of benzene rings is 2. The Hall–Kier alpha value is -4.64. The molecule has 0 aliphatic carbocycles. The van der Waals surface area contributed by atoms with Crippen molar-refractivity contribution in [1.82, 2.24) is 24.8 Å². The van der Waals surface area contributed by atoms with Crippen molar-refractivity contribution in [2.24, 2.45) is 0 Å². The van der Waals surface area contributed by atoms with E-state index in [4.69, 9.17) is 9.47 Å². The fraction of sp³-hybridized carbons (Fsp3) is 0.333. The molecule has 2 N–H and O–H groups in total. The number of nitrogens with one attached hydrogen (secondary N) is 2. The van der Waals surface area contributed by atoms with Gasteiger partial charge in [0.15, 0.2) is 11.6 Å².